The molecule has 1 saturated carbocycles. The quantitative estimate of drug-likeness (QED) is 0.703. The van der Waals surface area contributed by atoms with Crippen LogP contribution in [-0.4, -0.2) is 30.1 Å². The van der Waals surface area contributed by atoms with Gasteiger partial charge < -0.3 is 5.73 Å². The molecule has 0 amide bonds. The van der Waals surface area contributed by atoms with E-state index in [0.717, 1.165) is 6.04 Å². The average Bonchev–Trinajstić information content (AvgIpc) is 2.43. The van der Waals surface area contributed by atoms with Crippen molar-refractivity contribution in [2.24, 2.45) is 11.1 Å². The Morgan fingerprint density at radius 3 is 2.62 bits per heavy atom. The maximum Gasteiger partial charge on any atom is 0.0125 e. The third-order valence-electron chi connectivity index (χ3n) is 4.11. The molecule has 2 nitrogen and oxygen atoms in total. The van der Waals surface area contributed by atoms with Crippen molar-refractivity contribution in [3.05, 3.63) is 0 Å². The third-order valence-corrected chi connectivity index (χ3v) is 4.11. The van der Waals surface area contributed by atoms with Gasteiger partial charge in [0.1, 0.15) is 0 Å². The molecule has 1 atom stereocenters. The van der Waals surface area contributed by atoms with Crippen LogP contribution in [-0.2, 0) is 0 Å². The van der Waals surface area contributed by atoms with Crippen LogP contribution in [0.15, 0.2) is 0 Å². The lowest BCUT2D eigenvalue weighted by Gasteiger charge is -2.40. The molecule has 0 spiro atoms. The van der Waals surface area contributed by atoms with Crippen molar-refractivity contribution < 1.29 is 0 Å². The van der Waals surface area contributed by atoms with Gasteiger partial charge in [0.05, 0.1) is 0 Å². The zero-order chi connectivity index (χ0) is 9.47. The summed E-state index contributed by atoms with van der Waals surface area (Å²) in [6.07, 6.45) is 5.18. The van der Waals surface area contributed by atoms with Crippen molar-refractivity contribution in [3.63, 3.8) is 0 Å². The molecule has 2 fully saturated rings. The standard InChI is InChI=1S/C11H22N2/c1-3-11(2)4-5-13(8-11)10-6-9(12)7-10/h9-10H,3-8,12H2,1-2H3. The Kier molecular flexibility index (Phi) is 2.37. The van der Waals surface area contributed by atoms with Crippen molar-refractivity contribution in [1.29, 1.82) is 0 Å². The number of rotatable bonds is 2. The Labute approximate surface area is 81.5 Å². The summed E-state index contributed by atoms with van der Waals surface area (Å²) in [6, 6.07) is 1.32. The lowest BCUT2D eigenvalue weighted by atomic mass is 9.85. The summed E-state index contributed by atoms with van der Waals surface area (Å²) in [6.45, 7) is 7.35. The molecule has 1 saturated heterocycles. The zero-order valence-electron chi connectivity index (χ0n) is 8.92. The summed E-state index contributed by atoms with van der Waals surface area (Å²) in [7, 11) is 0. The fourth-order valence-corrected chi connectivity index (χ4v) is 2.59. The Morgan fingerprint density at radius 1 is 1.46 bits per heavy atom. The number of hydrogen-bond donors (Lipinski definition) is 1. The normalized spacial score (nSPS) is 46.4. The van der Waals surface area contributed by atoms with E-state index in [1.54, 1.807) is 0 Å². The molecule has 13 heavy (non-hydrogen) atoms. The zero-order valence-corrected chi connectivity index (χ0v) is 8.92. The van der Waals surface area contributed by atoms with Crippen molar-refractivity contribution in [3.8, 4) is 0 Å². The number of nitrogens with zero attached hydrogens (tertiary/aromatic N) is 1. The van der Waals surface area contributed by atoms with Gasteiger partial charge >= 0.3 is 0 Å². The van der Waals surface area contributed by atoms with Gasteiger partial charge in [0.2, 0.25) is 0 Å². The second-order valence-corrected chi connectivity index (χ2v) is 5.27. The second-order valence-electron chi connectivity index (χ2n) is 5.27. The van der Waals surface area contributed by atoms with Gasteiger partial charge in [-0.3, -0.25) is 4.90 Å². The number of likely N-dealkylation sites (tertiary alicyclic amines) is 1. The van der Waals surface area contributed by atoms with E-state index in [1.165, 1.54) is 38.8 Å². The summed E-state index contributed by atoms with van der Waals surface area (Å²) in [4.78, 5) is 2.66. The van der Waals surface area contributed by atoms with Gasteiger partial charge in [-0.1, -0.05) is 13.8 Å². The van der Waals surface area contributed by atoms with Crippen LogP contribution in [0.2, 0.25) is 0 Å². The molecule has 2 aliphatic rings. The van der Waals surface area contributed by atoms with Gasteiger partial charge in [-0.05, 0) is 37.6 Å². The molecule has 0 bridgehead atoms. The molecule has 1 aliphatic carbocycles. The maximum absolute atomic E-state index is 5.81. The lowest BCUT2D eigenvalue weighted by Crippen LogP contribution is -2.50. The van der Waals surface area contributed by atoms with E-state index in [2.05, 4.69) is 18.7 Å². The Balaban J connectivity index is 1.85. The molecular weight excluding hydrogens is 160 g/mol. The van der Waals surface area contributed by atoms with E-state index in [1.807, 2.05) is 0 Å². The smallest absolute Gasteiger partial charge is 0.0125 e. The van der Waals surface area contributed by atoms with E-state index in [4.69, 9.17) is 5.73 Å². The molecule has 2 heteroatoms. The number of nitrogens with two attached hydrogens (primary N) is 1. The van der Waals surface area contributed by atoms with Gasteiger partial charge in [0.15, 0.2) is 0 Å². The van der Waals surface area contributed by atoms with Crippen LogP contribution in [0.1, 0.15) is 39.5 Å². The summed E-state index contributed by atoms with van der Waals surface area (Å²) in [5.41, 5.74) is 6.41. The first-order valence-corrected chi connectivity index (χ1v) is 5.62. The van der Waals surface area contributed by atoms with Crippen molar-refractivity contribution >= 4 is 0 Å². The van der Waals surface area contributed by atoms with Crippen LogP contribution in [0.3, 0.4) is 0 Å². The van der Waals surface area contributed by atoms with Gasteiger partial charge in [-0.15, -0.1) is 0 Å². The molecule has 1 heterocycles. The summed E-state index contributed by atoms with van der Waals surface area (Å²) >= 11 is 0. The minimum atomic E-state index is 0.499. The summed E-state index contributed by atoms with van der Waals surface area (Å²) in [5, 5.41) is 0. The van der Waals surface area contributed by atoms with E-state index < -0.39 is 0 Å². The summed E-state index contributed by atoms with van der Waals surface area (Å²) in [5.74, 6) is 0. The topological polar surface area (TPSA) is 29.3 Å². The summed E-state index contributed by atoms with van der Waals surface area (Å²) < 4.78 is 0. The minimum Gasteiger partial charge on any atom is -0.328 e. The first-order valence-electron chi connectivity index (χ1n) is 5.62. The monoisotopic (exact) mass is 182 g/mol. The fourth-order valence-electron chi connectivity index (χ4n) is 2.59. The molecule has 0 radical (unpaired) electrons. The molecule has 1 aliphatic heterocycles. The van der Waals surface area contributed by atoms with Crippen LogP contribution in [0, 0.1) is 5.41 Å². The predicted octanol–water partition coefficient (Wildman–Crippen LogP) is 1.60. The SMILES string of the molecule is CCC1(C)CCN(C2CC(N)C2)C1. The van der Waals surface area contributed by atoms with E-state index >= 15 is 0 Å². The van der Waals surface area contributed by atoms with E-state index in [-0.39, 0.29) is 0 Å². The average molecular weight is 182 g/mol. The third kappa shape index (κ3) is 1.75. The van der Waals surface area contributed by atoms with Crippen LogP contribution >= 0.6 is 0 Å². The molecule has 0 aromatic carbocycles. The van der Waals surface area contributed by atoms with Crippen LogP contribution < -0.4 is 5.73 Å². The van der Waals surface area contributed by atoms with Crippen molar-refractivity contribution in [1.82, 2.24) is 4.90 Å². The van der Waals surface area contributed by atoms with Gasteiger partial charge in [-0.25, -0.2) is 0 Å². The largest absolute Gasteiger partial charge is 0.328 e. The van der Waals surface area contributed by atoms with Crippen molar-refractivity contribution in [2.75, 3.05) is 13.1 Å². The van der Waals surface area contributed by atoms with Crippen LogP contribution in [0.5, 0.6) is 0 Å². The van der Waals surface area contributed by atoms with Gasteiger partial charge in [0.25, 0.3) is 0 Å². The van der Waals surface area contributed by atoms with Gasteiger partial charge in [0, 0.05) is 18.6 Å². The van der Waals surface area contributed by atoms with Crippen molar-refractivity contribution in [2.45, 2.75) is 51.6 Å². The minimum absolute atomic E-state index is 0.499. The van der Waals surface area contributed by atoms with Crippen LogP contribution in [0.4, 0.5) is 0 Å². The highest BCUT2D eigenvalue weighted by molar-refractivity contribution is 4.95. The molecule has 1 unspecified atom stereocenters. The molecular formula is C11H22N2. The van der Waals surface area contributed by atoms with E-state index in [9.17, 15) is 0 Å². The highest BCUT2D eigenvalue weighted by Crippen LogP contribution is 2.37. The molecule has 76 valence electrons. The predicted molar refractivity (Wildman–Crippen MR) is 55.6 cm³/mol. The fraction of sp³-hybridized carbons (Fsp3) is 1.00. The second kappa shape index (κ2) is 3.25. The Bertz CT molecular complexity index is 187. The first-order chi connectivity index (χ1) is 6.13. The molecule has 2 rings (SSSR count). The molecule has 0 aromatic rings. The Morgan fingerprint density at radius 2 is 2.15 bits per heavy atom. The Hall–Kier alpha value is -0.0800. The molecule has 2 N–H and O–H groups in total. The highest BCUT2D eigenvalue weighted by Gasteiger charge is 2.39. The number of hydrogen-bond acceptors (Lipinski definition) is 2. The highest BCUT2D eigenvalue weighted by atomic mass is 15.2. The van der Waals surface area contributed by atoms with E-state index in [0.29, 0.717) is 11.5 Å². The lowest BCUT2D eigenvalue weighted by molar-refractivity contribution is 0.123. The van der Waals surface area contributed by atoms with Gasteiger partial charge in [-0.2, -0.15) is 0 Å². The first kappa shape index (κ1) is 9.47. The molecule has 0 aromatic heterocycles. The van der Waals surface area contributed by atoms with Crippen LogP contribution in [0.25, 0.3) is 0 Å². The maximum atomic E-state index is 5.81.